The molecule has 2 aliphatic carbocycles. The minimum atomic E-state index is -0.448. The van der Waals surface area contributed by atoms with Gasteiger partial charge in [0.25, 0.3) is 0 Å². The summed E-state index contributed by atoms with van der Waals surface area (Å²) in [6, 6.07) is 43.9. The van der Waals surface area contributed by atoms with Gasteiger partial charge in [-0.15, -0.1) is 0 Å². The third-order valence-electron chi connectivity index (χ3n) is 8.92. The number of rotatable bonds is 8. The smallest absolute Gasteiger partial charge is 0.212 e. The van der Waals surface area contributed by atoms with Crippen LogP contribution in [-0.2, 0) is 5.16 Å². The van der Waals surface area contributed by atoms with Crippen LogP contribution in [-0.4, -0.2) is 25.8 Å². The van der Waals surface area contributed by atoms with Gasteiger partial charge in [0, 0.05) is 12.4 Å². The molecule has 1 aromatic heterocycles. The van der Waals surface area contributed by atoms with Crippen LogP contribution in [0.1, 0.15) is 49.7 Å². The van der Waals surface area contributed by atoms with Crippen LogP contribution >= 0.6 is 0 Å². The molecule has 4 heteroatoms. The molecule has 5 aromatic rings. The maximum absolute atomic E-state index is 4.40. The van der Waals surface area contributed by atoms with E-state index in [0.717, 1.165) is 11.4 Å². The molecule has 2 aliphatic rings. The predicted octanol–water partition coefficient (Wildman–Crippen LogP) is 6.62. The van der Waals surface area contributed by atoms with E-state index in [0.29, 0.717) is 6.71 Å². The lowest BCUT2D eigenvalue weighted by Crippen LogP contribution is -2.43. The van der Waals surface area contributed by atoms with Gasteiger partial charge in [-0.25, -0.2) is 4.98 Å². The Morgan fingerprint density at radius 1 is 0.625 bits per heavy atom. The lowest BCUT2D eigenvalue weighted by molar-refractivity contribution is 0.579. The van der Waals surface area contributed by atoms with Crippen LogP contribution in [0.15, 0.2) is 140 Å². The summed E-state index contributed by atoms with van der Waals surface area (Å²) in [4.78, 5) is 4.40. The molecule has 0 radical (unpaired) electrons. The first-order chi connectivity index (χ1) is 19.8. The number of imidazole rings is 1. The van der Waals surface area contributed by atoms with Crippen molar-refractivity contribution in [3.8, 4) is 0 Å². The Labute approximate surface area is 242 Å². The molecule has 0 N–H and O–H groups in total. The average Bonchev–Trinajstić information content (AvgIpc) is 3.44. The maximum atomic E-state index is 4.40. The molecule has 7 rings (SSSR count). The fourth-order valence-electron chi connectivity index (χ4n) is 6.84. The van der Waals surface area contributed by atoms with Crippen LogP contribution in [0.2, 0.25) is 11.4 Å². The zero-order valence-corrected chi connectivity index (χ0v) is 24.8. The van der Waals surface area contributed by atoms with Crippen LogP contribution in [0.5, 0.6) is 0 Å². The molecule has 0 bridgehead atoms. The van der Waals surface area contributed by atoms with Crippen molar-refractivity contribution in [2.75, 3.05) is 0 Å². The van der Waals surface area contributed by atoms with Crippen LogP contribution in [0.4, 0.5) is 0 Å². The quantitative estimate of drug-likeness (QED) is 0.203. The molecule has 0 aliphatic heterocycles. The highest BCUT2D eigenvalue weighted by Gasteiger charge is 2.39. The lowest BCUT2D eigenvalue weighted by atomic mass is 9.37. The van der Waals surface area contributed by atoms with Crippen molar-refractivity contribution in [2.45, 2.75) is 55.0 Å². The first kappa shape index (κ1) is 26.6. The minimum absolute atomic E-state index is 0.0337. The Hall–Kier alpha value is -3.63. The summed E-state index contributed by atoms with van der Waals surface area (Å²) < 4.78 is 2.38. The van der Waals surface area contributed by atoms with Gasteiger partial charge in [-0.2, -0.15) is 0 Å². The normalized spacial score (nSPS) is 15.6. The molecule has 40 heavy (non-hydrogen) atoms. The SMILES string of the molecule is c1ccc(B(c2ccccc2)C2CC2)cc1.c1ccc(C([SiH2]C2CCCC2)(c2ccccc2)n2ccnc2)cc1. The van der Waals surface area contributed by atoms with Crippen molar-refractivity contribution in [1.29, 1.82) is 0 Å². The molecule has 200 valence electrons. The van der Waals surface area contributed by atoms with E-state index in [9.17, 15) is 0 Å². The van der Waals surface area contributed by atoms with E-state index >= 15 is 0 Å². The van der Waals surface area contributed by atoms with Crippen molar-refractivity contribution in [2.24, 2.45) is 0 Å². The minimum Gasteiger partial charge on any atom is -0.327 e. The molecular weight excluding hydrogens is 499 g/mol. The molecule has 4 aromatic carbocycles. The van der Waals surface area contributed by atoms with E-state index < -0.39 is 9.52 Å². The summed E-state index contributed by atoms with van der Waals surface area (Å²) in [5, 5.41) is -0.0337. The van der Waals surface area contributed by atoms with Crippen molar-refractivity contribution in [3.05, 3.63) is 151 Å². The highest BCUT2D eigenvalue weighted by Crippen LogP contribution is 2.41. The number of aromatic nitrogens is 2. The zero-order valence-electron chi connectivity index (χ0n) is 23.4. The first-order valence-corrected chi connectivity index (χ1v) is 16.6. The summed E-state index contributed by atoms with van der Waals surface area (Å²) in [5.74, 6) is 0.866. The molecule has 0 amide bonds. The van der Waals surface area contributed by atoms with Crippen molar-refractivity contribution >= 4 is 27.2 Å². The van der Waals surface area contributed by atoms with Gasteiger partial charge in [0.15, 0.2) is 0 Å². The van der Waals surface area contributed by atoms with Crippen LogP contribution in [0.25, 0.3) is 0 Å². The third-order valence-corrected chi connectivity index (χ3v) is 12.1. The van der Waals surface area contributed by atoms with Crippen LogP contribution < -0.4 is 10.9 Å². The summed E-state index contributed by atoms with van der Waals surface area (Å²) in [7, 11) is -0.448. The highest BCUT2D eigenvalue weighted by atomic mass is 28.2. The summed E-state index contributed by atoms with van der Waals surface area (Å²) in [6.45, 7) is 0.613. The van der Waals surface area contributed by atoms with Crippen molar-refractivity contribution < 1.29 is 0 Å². The standard InChI is InChI=1S/C21H24N2Si.C15H15B/c1-3-9-18(10-4-1)21(23-16-15-22-17-23,19-11-5-2-6-12-19)24-20-13-7-8-14-20;1-3-7-13(8-4-1)16(15-11-12-15)14-9-5-2-6-10-14/h1-6,9-12,15-17,20H,7-8,13-14,24H2;1-10,15H,11-12H2. The number of benzene rings is 4. The molecule has 2 nitrogen and oxygen atoms in total. The van der Waals surface area contributed by atoms with Gasteiger partial charge < -0.3 is 4.57 Å². The number of hydrogen-bond acceptors (Lipinski definition) is 1. The molecule has 0 atom stereocenters. The Morgan fingerprint density at radius 3 is 1.52 bits per heavy atom. The largest absolute Gasteiger partial charge is 0.327 e. The van der Waals surface area contributed by atoms with Gasteiger partial charge >= 0.3 is 0 Å². The van der Waals surface area contributed by atoms with Gasteiger partial charge in [-0.05, 0) is 16.7 Å². The molecule has 0 saturated heterocycles. The summed E-state index contributed by atoms with van der Waals surface area (Å²) in [5.41, 5.74) is 6.67. The second kappa shape index (κ2) is 12.7. The lowest BCUT2D eigenvalue weighted by Gasteiger charge is -2.38. The van der Waals surface area contributed by atoms with Crippen molar-refractivity contribution in [1.82, 2.24) is 9.55 Å². The monoisotopic (exact) mass is 538 g/mol. The Kier molecular flexibility index (Phi) is 8.44. The van der Waals surface area contributed by atoms with Gasteiger partial charge in [0.2, 0.25) is 6.71 Å². The van der Waals surface area contributed by atoms with Crippen molar-refractivity contribution in [3.63, 3.8) is 0 Å². The molecule has 2 saturated carbocycles. The fraction of sp³-hybridized carbons (Fsp3) is 0.250. The van der Waals surface area contributed by atoms with E-state index in [1.54, 1.807) is 0 Å². The molecule has 1 heterocycles. The third kappa shape index (κ3) is 5.93. The Morgan fingerprint density at radius 2 is 1.10 bits per heavy atom. The Balaban J connectivity index is 0.000000157. The Bertz CT molecular complexity index is 1340. The van der Waals surface area contributed by atoms with E-state index in [4.69, 9.17) is 0 Å². The van der Waals surface area contributed by atoms with Gasteiger partial charge in [0.05, 0.1) is 21.0 Å². The number of nitrogens with zero attached hydrogens (tertiary/aromatic N) is 2. The second-order valence-corrected chi connectivity index (χ2v) is 14.1. The summed E-state index contributed by atoms with van der Waals surface area (Å²) >= 11 is 0. The topological polar surface area (TPSA) is 17.8 Å². The van der Waals surface area contributed by atoms with Gasteiger partial charge in [-0.3, -0.25) is 0 Å². The maximum Gasteiger partial charge on any atom is 0.212 e. The van der Waals surface area contributed by atoms with Gasteiger partial charge in [-0.1, -0.05) is 177 Å². The predicted molar refractivity (Wildman–Crippen MR) is 173 cm³/mol. The molecule has 2 fully saturated rings. The van der Waals surface area contributed by atoms with E-state index in [1.807, 2.05) is 12.5 Å². The molecule has 0 unspecified atom stereocenters. The number of hydrogen-bond donors (Lipinski definition) is 0. The second-order valence-electron chi connectivity index (χ2n) is 11.6. The van der Waals surface area contributed by atoms with Crippen LogP contribution in [0.3, 0.4) is 0 Å². The van der Waals surface area contributed by atoms with Crippen LogP contribution in [0, 0.1) is 0 Å². The fourth-order valence-corrected chi connectivity index (χ4v) is 10.00. The molecular formula is C36H39BN2Si. The highest BCUT2D eigenvalue weighted by molar-refractivity contribution is 6.86. The van der Waals surface area contributed by atoms with Gasteiger partial charge in [0.1, 0.15) is 0 Å². The van der Waals surface area contributed by atoms with E-state index in [-0.39, 0.29) is 5.16 Å². The summed E-state index contributed by atoms with van der Waals surface area (Å²) in [6.07, 6.45) is 14.5. The average molecular weight is 539 g/mol. The first-order valence-electron chi connectivity index (χ1n) is 15.0. The van der Waals surface area contributed by atoms with E-state index in [2.05, 4.69) is 137 Å². The molecule has 0 spiro atoms. The zero-order chi connectivity index (χ0) is 27.0. The van der Waals surface area contributed by atoms with E-state index in [1.165, 1.54) is 60.6 Å².